The molecule has 0 unspecified atom stereocenters. The molecule has 1 aliphatic carbocycles. The van der Waals surface area contributed by atoms with Gasteiger partial charge < -0.3 is 25.2 Å². The number of hydrogen-bond donors (Lipinski definition) is 3. The number of carbonyl (C=O) groups is 2. The van der Waals surface area contributed by atoms with Crippen molar-refractivity contribution in [3.8, 4) is 22.7 Å². The molecule has 236 valence electrons. The van der Waals surface area contributed by atoms with Gasteiger partial charge in [0.2, 0.25) is 0 Å². The van der Waals surface area contributed by atoms with Gasteiger partial charge in [0.25, 0.3) is 5.91 Å². The number of aromatic nitrogens is 3. The van der Waals surface area contributed by atoms with Gasteiger partial charge in [-0.05, 0) is 76.5 Å². The Labute approximate surface area is 264 Å². The number of carbonyl (C=O) groups excluding carboxylic acids is 1. The number of carboxylic acid groups (broad SMARTS) is 2. The van der Waals surface area contributed by atoms with Crippen LogP contribution in [0.1, 0.15) is 74.2 Å². The number of benzene rings is 1. The third-order valence-electron chi connectivity index (χ3n) is 7.05. The van der Waals surface area contributed by atoms with Crippen LogP contribution in [0.3, 0.4) is 0 Å². The summed E-state index contributed by atoms with van der Waals surface area (Å²) in [5.41, 5.74) is 4.85. The lowest BCUT2D eigenvalue weighted by Crippen LogP contribution is -2.36. The van der Waals surface area contributed by atoms with Gasteiger partial charge in [-0.3, -0.25) is 4.79 Å². The maximum absolute atomic E-state index is 13.2. The van der Waals surface area contributed by atoms with Gasteiger partial charge in [0.05, 0.1) is 28.7 Å². The molecule has 1 aromatic carbocycles. The highest BCUT2D eigenvalue weighted by Gasteiger charge is 2.21. The summed E-state index contributed by atoms with van der Waals surface area (Å²) in [4.78, 5) is 28.8. The Morgan fingerprint density at radius 3 is 2.40 bits per heavy atom. The number of hydrogen-bond acceptors (Lipinski definition) is 6. The van der Waals surface area contributed by atoms with E-state index in [1.807, 2.05) is 43.0 Å². The molecule has 0 saturated heterocycles. The molecule has 0 spiro atoms. The van der Waals surface area contributed by atoms with Crippen LogP contribution in [0.15, 0.2) is 36.4 Å². The molecule has 0 atom stereocenters. The second kappa shape index (κ2) is 17.7. The molecule has 1 fully saturated rings. The first-order valence-corrected chi connectivity index (χ1v) is 14.9. The number of amides is 1. The summed E-state index contributed by atoms with van der Waals surface area (Å²) in [7, 11) is 4.09. The topological polar surface area (TPSA) is 130 Å². The highest BCUT2D eigenvalue weighted by atomic mass is 35.5. The average molecular weight is 637 g/mol. The van der Waals surface area contributed by atoms with Crippen molar-refractivity contribution in [1.29, 1.82) is 0 Å². The van der Waals surface area contributed by atoms with Gasteiger partial charge in [-0.1, -0.05) is 50.8 Å². The van der Waals surface area contributed by atoms with E-state index in [4.69, 9.17) is 41.4 Å². The van der Waals surface area contributed by atoms with Crippen molar-refractivity contribution in [2.75, 3.05) is 27.2 Å². The first-order valence-electron chi connectivity index (χ1n) is 14.5. The average Bonchev–Trinajstić information content (AvgIpc) is 3.39. The first kappa shape index (κ1) is 35.9. The molecule has 4 rings (SSSR count). The molecule has 0 aliphatic heterocycles. The quantitative estimate of drug-likeness (QED) is 0.197. The Bertz CT molecular complexity index is 1340. The zero-order valence-corrected chi connectivity index (χ0v) is 26.9. The first-order chi connectivity index (χ1) is 20.1. The van der Waals surface area contributed by atoms with E-state index in [0.717, 1.165) is 74.1 Å². The zero-order chi connectivity index (χ0) is 30.6. The van der Waals surface area contributed by atoms with Gasteiger partial charge >= 0.3 is 6.16 Å². The van der Waals surface area contributed by atoms with Gasteiger partial charge in [-0.15, -0.1) is 12.4 Å². The van der Waals surface area contributed by atoms with Crippen LogP contribution in [0.2, 0.25) is 5.02 Å². The zero-order valence-electron chi connectivity index (χ0n) is 25.3. The molecule has 1 aliphatic rings. The summed E-state index contributed by atoms with van der Waals surface area (Å²) in [5, 5.41) is 22.5. The van der Waals surface area contributed by atoms with Crippen LogP contribution in [0.5, 0.6) is 5.75 Å². The van der Waals surface area contributed by atoms with Crippen LogP contribution < -0.4 is 10.1 Å². The van der Waals surface area contributed by atoms with E-state index in [2.05, 4.69) is 30.1 Å². The minimum Gasteiger partial charge on any atom is -0.492 e. The van der Waals surface area contributed by atoms with Gasteiger partial charge in [-0.25, -0.2) is 14.5 Å². The standard InChI is InChI=1S/C30H40ClN5O2.CH2O3.ClH/c1-5-22-20-24(6-2)36(34-22)27-16-15-26(30(37)32-23-11-8-7-9-12-23)33-29(27)21-13-14-25(31)28(19-21)38-18-10-17-35(3)4;2-1(3)4;/h13-16,19-20,23H,5-12,17-18H2,1-4H3,(H,32,37);(H2,2,3,4);1H. The van der Waals surface area contributed by atoms with Crippen LogP contribution in [0, 0.1) is 0 Å². The number of aryl methyl sites for hydroxylation is 2. The summed E-state index contributed by atoms with van der Waals surface area (Å²) < 4.78 is 8.01. The van der Waals surface area contributed by atoms with Crippen molar-refractivity contribution in [2.45, 2.75) is 71.3 Å². The molecule has 3 N–H and O–H groups in total. The lowest BCUT2D eigenvalue weighted by Gasteiger charge is -2.22. The van der Waals surface area contributed by atoms with Crippen molar-refractivity contribution in [3.63, 3.8) is 0 Å². The molecular formula is C31H43Cl2N5O5. The van der Waals surface area contributed by atoms with E-state index < -0.39 is 6.16 Å². The van der Waals surface area contributed by atoms with Gasteiger partial charge in [0.1, 0.15) is 11.4 Å². The number of pyridine rings is 1. The monoisotopic (exact) mass is 635 g/mol. The molecule has 2 heterocycles. The normalized spacial score (nSPS) is 13.1. The Balaban J connectivity index is 0.00000121. The fraction of sp³-hybridized carbons (Fsp3) is 0.484. The predicted octanol–water partition coefficient (Wildman–Crippen LogP) is 6.75. The van der Waals surface area contributed by atoms with Gasteiger partial charge in [0, 0.05) is 23.8 Å². The van der Waals surface area contributed by atoms with E-state index in [9.17, 15) is 4.79 Å². The number of nitrogens with one attached hydrogen (secondary N) is 1. The van der Waals surface area contributed by atoms with E-state index >= 15 is 0 Å². The minimum atomic E-state index is -1.83. The highest BCUT2D eigenvalue weighted by Crippen LogP contribution is 2.33. The molecule has 1 amide bonds. The lowest BCUT2D eigenvalue weighted by atomic mass is 9.95. The highest BCUT2D eigenvalue weighted by molar-refractivity contribution is 6.32. The van der Waals surface area contributed by atoms with Crippen molar-refractivity contribution < 1.29 is 24.5 Å². The molecule has 10 nitrogen and oxygen atoms in total. The van der Waals surface area contributed by atoms with Crippen molar-refractivity contribution in [2.24, 2.45) is 0 Å². The number of ether oxygens (including phenoxy) is 1. The van der Waals surface area contributed by atoms with Gasteiger partial charge in [0.15, 0.2) is 0 Å². The molecule has 2 aromatic heterocycles. The number of nitrogens with zero attached hydrogens (tertiary/aromatic N) is 4. The fourth-order valence-corrected chi connectivity index (χ4v) is 5.07. The Morgan fingerprint density at radius 2 is 1.77 bits per heavy atom. The third kappa shape index (κ3) is 10.7. The fourth-order valence-electron chi connectivity index (χ4n) is 4.90. The van der Waals surface area contributed by atoms with E-state index in [-0.39, 0.29) is 24.4 Å². The van der Waals surface area contributed by atoms with Crippen LogP contribution in [0.4, 0.5) is 4.79 Å². The van der Waals surface area contributed by atoms with E-state index in [1.54, 1.807) is 6.07 Å². The summed E-state index contributed by atoms with van der Waals surface area (Å²) >= 11 is 6.50. The van der Waals surface area contributed by atoms with Gasteiger partial charge in [-0.2, -0.15) is 5.10 Å². The molecule has 3 aromatic rings. The smallest absolute Gasteiger partial charge is 0.492 e. The number of rotatable bonds is 11. The lowest BCUT2D eigenvalue weighted by molar-refractivity contribution is 0.0922. The van der Waals surface area contributed by atoms with Crippen molar-refractivity contribution >= 4 is 36.1 Å². The molecule has 43 heavy (non-hydrogen) atoms. The Morgan fingerprint density at radius 1 is 1.07 bits per heavy atom. The van der Waals surface area contributed by atoms with Crippen LogP contribution in [-0.4, -0.2) is 75.2 Å². The molecule has 12 heteroatoms. The predicted molar refractivity (Wildman–Crippen MR) is 171 cm³/mol. The van der Waals surface area contributed by atoms with E-state index in [1.165, 1.54) is 6.42 Å². The van der Waals surface area contributed by atoms with Crippen LogP contribution in [0.25, 0.3) is 16.9 Å². The summed E-state index contributed by atoms with van der Waals surface area (Å²) in [6.45, 7) is 5.71. The Hall–Kier alpha value is -3.34. The molecule has 0 radical (unpaired) electrons. The van der Waals surface area contributed by atoms with Crippen molar-refractivity contribution in [1.82, 2.24) is 25.0 Å². The maximum atomic E-state index is 13.2. The second-order valence-electron chi connectivity index (χ2n) is 10.6. The van der Waals surface area contributed by atoms with E-state index in [0.29, 0.717) is 28.8 Å². The van der Waals surface area contributed by atoms with Crippen molar-refractivity contribution in [3.05, 3.63) is 58.5 Å². The minimum absolute atomic E-state index is 0. The van der Waals surface area contributed by atoms with Crippen LogP contribution in [-0.2, 0) is 12.8 Å². The summed E-state index contributed by atoms with van der Waals surface area (Å²) in [6, 6.07) is 11.8. The summed E-state index contributed by atoms with van der Waals surface area (Å²) in [5.74, 6) is 0.474. The molecular weight excluding hydrogens is 593 g/mol. The number of halogens is 2. The maximum Gasteiger partial charge on any atom is 0.503 e. The molecule has 0 bridgehead atoms. The summed E-state index contributed by atoms with van der Waals surface area (Å²) in [6.07, 6.45) is 6.33. The second-order valence-corrected chi connectivity index (χ2v) is 11.0. The largest absolute Gasteiger partial charge is 0.503 e. The third-order valence-corrected chi connectivity index (χ3v) is 7.36. The molecule has 1 saturated carbocycles. The SMILES string of the molecule is CCc1cc(CC)n(-c2ccc(C(=O)NC3CCCCC3)nc2-c2ccc(Cl)c(OCCCN(C)C)c2)n1.Cl.O=C(O)O. The Kier molecular flexibility index (Phi) is 14.8. The van der Waals surface area contributed by atoms with Crippen LogP contribution >= 0.6 is 24.0 Å².